The van der Waals surface area contributed by atoms with Crippen molar-refractivity contribution in [1.82, 2.24) is 4.90 Å². The molecule has 11 heteroatoms. The van der Waals surface area contributed by atoms with Crippen LogP contribution in [0.5, 0.6) is 0 Å². The molecule has 0 aliphatic carbocycles. The summed E-state index contributed by atoms with van der Waals surface area (Å²) in [5.41, 5.74) is 13.8. The van der Waals surface area contributed by atoms with Gasteiger partial charge in [0.05, 0.1) is 12.6 Å². The van der Waals surface area contributed by atoms with E-state index in [4.69, 9.17) is 16.1 Å². The molecule has 1 heterocycles. The summed E-state index contributed by atoms with van der Waals surface area (Å²) in [6.45, 7) is 0.939. The zero-order chi connectivity index (χ0) is 23.3. The number of benzene rings is 2. The Bertz CT molecular complexity index is 974. The summed E-state index contributed by atoms with van der Waals surface area (Å²) in [5, 5.41) is 28.9. The third-order valence-corrected chi connectivity index (χ3v) is 5.52. The maximum Gasteiger partial charge on any atom is 0.491 e. The summed E-state index contributed by atoms with van der Waals surface area (Å²) in [7, 11) is -2.66. The summed E-state index contributed by atoms with van der Waals surface area (Å²) in [4.78, 5) is 26.1. The Balaban J connectivity index is 1.76. The SMILES string of the molecule is NC(=O)[C@@H](N)CCCCN(Cc1cccc(B(O)O)c1)C(=O)c1ccc2c(c1)B(O)OC2. The fourth-order valence-electron chi connectivity index (χ4n) is 3.66. The molecule has 7 N–H and O–H groups in total. The molecule has 0 saturated carbocycles. The van der Waals surface area contributed by atoms with E-state index >= 15 is 0 Å². The number of rotatable bonds is 10. The maximum atomic E-state index is 13.3. The second kappa shape index (κ2) is 10.8. The van der Waals surface area contributed by atoms with Crippen molar-refractivity contribution in [2.75, 3.05) is 6.54 Å². The van der Waals surface area contributed by atoms with Crippen LogP contribution in [0.15, 0.2) is 42.5 Å². The molecule has 0 unspecified atom stereocenters. The van der Waals surface area contributed by atoms with Crippen molar-refractivity contribution >= 4 is 37.0 Å². The quantitative estimate of drug-likeness (QED) is 0.216. The lowest BCUT2D eigenvalue weighted by Gasteiger charge is -2.24. The fourth-order valence-corrected chi connectivity index (χ4v) is 3.66. The number of unbranched alkanes of at least 4 members (excludes halogenated alkanes) is 1. The highest BCUT2D eigenvalue weighted by atomic mass is 16.5. The Morgan fingerprint density at radius 2 is 1.97 bits per heavy atom. The predicted octanol–water partition coefficient (Wildman–Crippen LogP) is -1.79. The minimum atomic E-state index is -1.60. The van der Waals surface area contributed by atoms with Gasteiger partial charge in [0.2, 0.25) is 5.91 Å². The molecule has 1 aliphatic rings. The number of carbonyl (C=O) groups is 2. The number of carbonyl (C=O) groups excluding carboxylic acids is 2. The van der Waals surface area contributed by atoms with Crippen LogP contribution in [0.1, 0.15) is 40.7 Å². The van der Waals surface area contributed by atoms with Gasteiger partial charge in [-0.15, -0.1) is 0 Å². The fraction of sp³-hybridized carbons (Fsp3) is 0.333. The van der Waals surface area contributed by atoms with Crippen molar-refractivity contribution in [3.05, 3.63) is 59.2 Å². The van der Waals surface area contributed by atoms with Gasteiger partial charge < -0.3 is 36.1 Å². The van der Waals surface area contributed by atoms with Crippen LogP contribution in [0.4, 0.5) is 0 Å². The third kappa shape index (κ3) is 5.96. The van der Waals surface area contributed by atoms with Gasteiger partial charge in [0.1, 0.15) is 0 Å². The van der Waals surface area contributed by atoms with E-state index in [0.29, 0.717) is 48.9 Å². The largest absolute Gasteiger partial charge is 0.491 e. The Kier molecular flexibility index (Phi) is 8.05. The molecular weight excluding hydrogens is 412 g/mol. The first kappa shape index (κ1) is 24.0. The Morgan fingerprint density at radius 3 is 2.69 bits per heavy atom. The normalized spacial score (nSPS) is 13.6. The van der Waals surface area contributed by atoms with Gasteiger partial charge in [-0.1, -0.05) is 30.3 Å². The smallest absolute Gasteiger partial charge is 0.423 e. The number of amides is 2. The number of fused-ring (bicyclic) bond motifs is 1. The zero-order valence-corrected chi connectivity index (χ0v) is 17.7. The standard InChI is InChI=1S/C21H27B2N3O6/c24-19(20(25)27)6-1-2-9-26(12-14-4-3-5-17(10-14)22(29)30)21(28)15-7-8-16-13-32-23(31)18(16)11-15/h3-5,7-8,10-11,19,29-31H,1-2,6,9,12-13,24H2,(H2,25,27)/t19-/m0/s1. The van der Waals surface area contributed by atoms with Crippen molar-refractivity contribution in [3.63, 3.8) is 0 Å². The van der Waals surface area contributed by atoms with Crippen molar-refractivity contribution in [2.45, 2.75) is 38.5 Å². The van der Waals surface area contributed by atoms with Crippen LogP contribution < -0.4 is 22.4 Å². The summed E-state index contributed by atoms with van der Waals surface area (Å²) in [5.74, 6) is -0.794. The number of hydrogen-bond donors (Lipinski definition) is 5. The molecule has 0 aromatic heterocycles. The van der Waals surface area contributed by atoms with Crippen molar-refractivity contribution in [3.8, 4) is 0 Å². The molecule has 1 aliphatic heterocycles. The molecule has 0 radical (unpaired) electrons. The molecule has 1 atom stereocenters. The minimum absolute atomic E-state index is 0.235. The van der Waals surface area contributed by atoms with Crippen molar-refractivity contribution < 1.29 is 29.3 Å². The molecule has 168 valence electrons. The first-order valence-corrected chi connectivity index (χ1v) is 10.5. The molecule has 2 amide bonds. The molecular formula is C21H27B2N3O6. The molecule has 2 aromatic carbocycles. The number of hydrogen-bond acceptors (Lipinski definition) is 7. The summed E-state index contributed by atoms with van der Waals surface area (Å²) >= 11 is 0. The van der Waals surface area contributed by atoms with Gasteiger partial charge in [-0.05, 0) is 53.4 Å². The van der Waals surface area contributed by atoms with Crippen LogP contribution in [0.25, 0.3) is 0 Å². The van der Waals surface area contributed by atoms with E-state index in [1.165, 1.54) is 0 Å². The molecule has 9 nitrogen and oxygen atoms in total. The van der Waals surface area contributed by atoms with Gasteiger partial charge >= 0.3 is 14.2 Å². The number of nitrogens with two attached hydrogens (primary N) is 2. The highest BCUT2D eigenvalue weighted by Crippen LogP contribution is 2.16. The van der Waals surface area contributed by atoms with Gasteiger partial charge in [0.25, 0.3) is 5.91 Å². The lowest BCUT2D eigenvalue weighted by Crippen LogP contribution is -2.37. The molecule has 0 bridgehead atoms. The second-order valence-electron chi connectivity index (χ2n) is 7.93. The third-order valence-electron chi connectivity index (χ3n) is 5.52. The van der Waals surface area contributed by atoms with Crippen LogP contribution >= 0.6 is 0 Å². The molecule has 0 saturated heterocycles. The van der Waals surface area contributed by atoms with E-state index in [0.717, 1.165) is 11.1 Å². The van der Waals surface area contributed by atoms with Gasteiger partial charge in [-0.2, -0.15) is 0 Å². The highest BCUT2D eigenvalue weighted by Gasteiger charge is 2.29. The molecule has 32 heavy (non-hydrogen) atoms. The van der Waals surface area contributed by atoms with Crippen LogP contribution in [-0.4, -0.2) is 58.6 Å². The lowest BCUT2D eigenvalue weighted by molar-refractivity contribution is -0.119. The number of primary amides is 1. The van der Waals surface area contributed by atoms with E-state index in [1.54, 1.807) is 47.4 Å². The lowest BCUT2D eigenvalue weighted by atomic mass is 9.78. The molecule has 3 rings (SSSR count). The minimum Gasteiger partial charge on any atom is -0.423 e. The topological polar surface area (TPSA) is 159 Å². The average molecular weight is 439 g/mol. The van der Waals surface area contributed by atoms with Crippen LogP contribution in [0, 0.1) is 0 Å². The first-order valence-electron chi connectivity index (χ1n) is 10.5. The summed E-state index contributed by atoms with van der Waals surface area (Å²) in [6, 6.07) is 11.1. The van der Waals surface area contributed by atoms with E-state index in [-0.39, 0.29) is 12.5 Å². The van der Waals surface area contributed by atoms with Crippen molar-refractivity contribution in [2.24, 2.45) is 11.5 Å². The van der Waals surface area contributed by atoms with Crippen molar-refractivity contribution in [1.29, 1.82) is 0 Å². The van der Waals surface area contributed by atoms with Gasteiger partial charge in [-0.25, -0.2) is 0 Å². The Hall–Kier alpha value is -2.69. The van der Waals surface area contributed by atoms with E-state index < -0.39 is 26.2 Å². The molecule has 0 fully saturated rings. The first-order chi connectivity index (χ1) is 15.3. The Labute approximate surface area is 187 Å². The predicted molar refractivity (Wildman–Crippen MR) is 121 cm³/mol. The summed E-state index contributed by atoms with van der Waals surface area (Å²) in [6.07, 6.45) is 1.64. The monoisotopic (exact) mass is 439 g/mol. The zero-order valence-electron chi connectivity index (χ0n) is 17.7. The van der Waals surface area contributed by atoms with E-state index in [9.17, 15) is 24.7 Å². The van der Waals surface area contributed by atoms with Crippen LogP contribution in [0.3, 0.4) is 0 Å². The van der Waals surface area contributed by atoms with Crippen LogP contribution in [-0.2, 0) is 22.6 Å². The maximum absolute atomic E-state index is 13.3. The van der Waals surface area contributed by atoms with Crippen LogP contribution in [0.2, 0.25) is 0 Å². The van der Waals surface area contributed by atoms with E-state index in [2.05, 4.69) is 0 Å². The Morgan fingerprint density at radius 1 is 1.19 bits per heavy atom. The highest BCUT2D eigenvalue weighted by molar-refractivity contribution is 6.61. The average Bonchev–Trinajstić information content (AvgIpc) is 3.15. The molecule has 0 spiro atoms. The van der Waals surface area contributed by atoms with Gasteiger partial charge in [0, 0.05) is 18.7 Å². The summed E-state index contributed by atoms with van der Waals surface area (Å²) < 4.78 is 5.20. The van der Waals surface area contributed by atoms with Gasteiger partial charge in [0.15, 0.2) is 0 Å². The number of nitrogens with zero attached hydrogens (tertiary/aromatic N) is 1. The van der Waals surface area contributed by atoms with Gasteiger partial charge in [-0.3, -0.25) is 9.59 Å². The second-order valence-corrected chi connectivity index (χ2v) is 7.93. The van der Waals surface area contributed by atoms with E-state index in [1.807, 2.05) is 0 Å². The molecule has 2 aromatic rings.